The summed E-state index contributed by atoms with van der Waals surface area (Å²) >= 11 is 0. The summed E-state index contributed by atoms with van der Waals surface area (Å²) in [5.74, 6) is -4.95. The number of aliphatic hydroxyl groups excluding tert-OH is 1. The van der Waals surface area contributed by atoms with Crippen LogP contribution in [0.5, 0.6) is 0 Å². The molecule has 12 heteroatoms. The fraction of sp³-hybridized carbons (Fsp3) is 0.625. The van der Waals surface area contributed by atoms with Crippen LogP contribution >= 0.6 is 0 Å². The second-order valence-corrected chi connectivity index (χ2v) is 6.34. The standard InChI is InChI=1S/C16H27N3O9/c1-11(19(9-15(25)26)10-16(27)28)5-17(7-13(21)22)3-4-18(6-12(2)20)8-14(23)24/h11,20H,2-10H2,1H3,(H,21,22)(H,23,24)(H,25,26)(H,27,28). The minimum Gasteiger partial charge on any atom is -0.512 e. The monoisotopic (exact) mass is 405 g/mol. The highest BCUT2D eigenvalue weighted by Gasteiger charge is 2.23. The van der Waals surface area contributed by atoms with Gasteiger partial charge in [0.1, 0.15) is 0 Å². The highest BCUT2D eigenvalue weighted by atomic mass is 16.4. The van der Waals surface area contributed by atoms with Crippen molar-refractivity contribution in [2.24, 2.45) is 0 Å². The number of hydrogen-bond donors (Lipinski definition) is 5. The van der Waals surface area contributed by atoms with Gasteiger partial charge in [0.2, 0.25) is 0 Å². The Morgan fingerprint density at radius 2 is 1.11 bits per heavy atom. The van der Waals surface area contributed by atoms with Crippen molar-refractivity contribution in [3.05, 3.63) is 12.3 Å². The van der Waals surface area contributed by atoms with Gasteiger partial charge in [-0.15, -0.1) is 0 Å². The molecule has 0 aliphatic rings. The van der Waals surface area contributed by atoms with Gasteiger partial charge in [0.05, 0.1) is 38.5 Å². The minimum atomic E-state index is -1.22. The Balaban J connectivity index is 5.08. The first-order chi connectivity index (χ1) is 12.9. The third-order valence-electron chi connectivity index (χ3n) is 3.68. The molecule has 0 aliphatic carbocycles. The van der Waals surface area contributed by atoms with Crippen LogP contribution in [0.1, 0.15) is 6.92 Å². The zero-order chi connectivity index (χ0) is 21.9. The third-order valence-corrected chi connectivity index (χ3v) is 3.68. The van der Waals surface area contributed by atoms with E-state index in [-0.39, 0.29) is 38.5 Å². The summed E-state index contributed by atoms with van der Waals surface area (Å²) in [6.45, 7) is 3.18. The molecule has 12 nitrogen and oxygen atoms in total. The van der Waals surface area contributed by atoms with Crippen molar-refractivity contribution >= 4 is 23.9 Å². The molecule has 1 atom stereocenters. The van der Waals surface area contributed by atoms with Crippen molar-refractivity contribution in [3.8, 4) is 0 Å². The molecule has 5 N–H and O–H groups in total. The number of aliphatic hydroxyl groups is 1. The number of nitrogens with zero attached hydrogens (tertiary/aromatic N) is 3. The molecule has 0 rings (SSSR count). The van der Waals surface area contributed by atoms with Gasteiger partial charge in [-0.05, 0) is 6.92 Å². The average Bonchev–Trinajstić information content (AvgIpc) is 2.49. The molecule has 0 heterocycles. The summed E-state index contributed by atoms with van der Waals surface area (Å²) in [7, 11) is 0. The molecule has 0 aromatic heterocycles. The van der Waals surface area contributed by atoms with E-state index in [0.717, 1.165) is 0 Å². The van der Waals surface area contributed by atoms with E-state index >= 15 is 0 Å². The Hall–Kier alpha value is -2.70. The second kappa shape index (κ2) is 12.6. The van der Waals surface area contributed by atoms with Crippen LogP contribution in [0.4, 0.5) is 0 Å². The van der Waals surface area contributed by atoms with Crippen LogP contribution in [-0.2, 0) is 19.2 Å². The van der Waals surface area contributed by atoms with Crippen molar-refractivity contribution in [1.29, 1.82) is 0 Å². The lowest BCUT2D eigenvalue weighted by molar-refractivity contribution is -0.144. The molecule has 0 spiro atoms. The molecule has 0 aromatic carbocycles. The molecule has 0 saturated carbocycles. The number of carbonyl (C=O) groups is 4. The Labute approximate surface area is 161 Å². The van der Waals surface area contributed by atoms with Crippen molar-refractivity contribution in [2.45, 2.75) is 13.0 Å². The van der Waals surface area contributed by atoms with E-state index in [9.17, 15) is 24.3 Å². The summed E-state index contributed by atoms with van der Waals surface area (Å²) in [6, 6.07) is -0.590. The average molecular weight is 405 g/mol. The van der Waals surface area contributed by atoms with Crippen molar-refractivity contribution in [3.63, 3.8) is 0 Å². The van der Waals surface area contributed by atoms with Crippen LogP contribution in [0.25, 0.3) is 0 Å². The Morgan fingerprint density at radius 3 is 1.50 bits per heavy atom. The minimum absolute atomic E-state index is 0.0494. The molecule has 0 saturated heterocycles. The summed E-state index contributed by atoms with van der Waals surface area (Å²) in [5.41, 5.74) is 0. The zero-order valence-corrected chi connectivity index (χ0v) is 15.7. The Morgan fingerprint density at radius 1 is 0.714 bits per heavy atom. The Bertz CT molecular complexity index is 550. The fourth-order valence-electron chi connectivity index (χ4n) is 2.58. The largest absolute Gasteiger partial charge is 0.512 e. The molecular weight excluding hydrogens is 378 g/mol. The van der Waals surface area contributed by atoms with Gasteiger partial charge in [-0.2, -0.15) is 0 Å². The van der Waals surface area contributed by atoms with Gasteiger partial charge in [-0.1, -0.05) is 6.58 Å². The summed E-state index contributed by atoms with van der Waals surface area (Å²) < 4.78 is 0. The number of hydrogen-bond acceptors (Lipinski definition) is 8. The van der Waals surface area contributed by atoms with Gasteiger partial charge < -0.3 is 25.5 Å². The van der Waals surface area contributed by atoms with Gasteiger partial charge in [0.15, 0.2) is 0 Å². The topological polar surface area (TPSA) is 179 Å². The number of carboxylic acid groups (broad SMARTS) is 4. The van der Waals surface area contributed by atoms with Crippen LogP contribution in [0.15, 0.2) is 12.3 Å². The SMILES string of the molecule is C=C(O)CN(CCN(CC(=O)O)CC(C)N(CC(=O)O)CC(=O)O)CC(=O)O. The first kappa shape index (κ1) is 25.3. The predicted molar refractivity (Wildman–Crippen MR) is 96.2 cm³/mol. The predicted octanol–water partition coefficient (Wildman–Crippen LogP) is -1.31. The van der Waals surface area contributed by atoms with Crippen LogP contribution in [0.2, 0.25) is 0 Å². The molecule has 0 aromatic rings. The molecule has 0 bridgehead atoms. The number of carboxylic acids is 4. The van der Waals surface area contributed by atoms with Gasteiger partial charge >= 0.3 is 23.9 Å². The molecule has 160 valence electrons. The van der Waals surface area contributed by atoms with Crippen LogP contribution < -0.4 is 0 Å². The Kier molecular flexibility index (Phi) is 11.4. The van der Waals surface area contributed by atoms with E-state index in [1.807, 2.05) is 0 Å². The maximum atomic E-state index is 11.1. The molecular formula is C16H27N3O9. The maximum absolute atomic E-state index is 11.1. The lowest BCUT2D eigenvalue weighted by Gasteiger charge is -2.32. The van der Waals surface area contributed by atoms with E-state index in [1.54, 1.807) is 6.92 Å². The lowest BCUT2D eigenvalue weighted by Crippen LogP contribution is -2.49. The number of rotatable bonds is 16. The maximum Gasteiger partial charge on any atom is 0.317 e. The second-order valence-electron chi connectivity index (χ2n) is 6.34. The quantitative estimate of drug-likeness (QED) is 0.192. The van der Waals surface area contributed by atoms with E-state index in [4.69, 9.17) is 20.4 Å². The molecule has 0 radical (unpaired) electrons. The first-order valence-corrected chi connectivity index (χ1v) is 8.33. The van der Waals surface area contributed by atoms with E-state index < -0.39 is 49.6 Å². The van der Waals surface area contributed by atoms with E-state index in [1.165, 1.54) is 14.7 Å². The van der Waals surface area contributed by atoms with E-state index in [2.05, 4.69) is 6.58 Å². The van der Waals surface area contributed by atoms with Crippen molar-refractivity contribution in [1.82, 2.24) is 14.7 Å². The summed E-state index contributed by atoms with van der Waals surface area (Å²) in [5, 5.41) is 45.1. The third kappa shape index (κ3) is 12.6. The highest BCUT2D eigenvalue weighted by molar-refractivity contribution is 5.72. The molecule has 1 unspecified atom stereocenters. The van der Waals surface area contributed by atoms with E-state index in [0.29, 0.717) is 0 Å². The lowest BCUT2D eigenvalue weighted by atomic mass is 10.2. The fourth-order valence-corrected chi connectivity index (χ4v) is 2.58. The van der Waals surface area contributed by atoms with Gasteiger partial charge in [-0.3, -0.25) is 33.9 Å². The van der Waals surface area contributed by atoms with Crippen LogP contribution in [-0.4, -0.2) is 123 Å². The van der Waals surface area contributed by atoms with Gasteiger partial charge in [0.25, 0.3) is 0 Å². The zero-order valence-electron chi connectivity index (χ0n) is 15.7. The van der Waals surface area contributed by atoms with Gasteiger partial charge in [0, 0.05) is 25.7 Å². The van der Waals surface area contributed by atoms with Crippen LogP contribution in [0, 0.1) is 0 Å². The normalized spacial score (nSPS) is 12.3. The molecule has 0 fully saturated rings. The van der Waals surface area contributed by atoms with Crippen molar-refractivity contribution in [2.75, 3.05) is 52.4 Å². The summed E-state index contributed by atoms with van der Waals surface area (Å²) in [6.07, 6.45) is 0. The molecule has 0 amide bonds. The molecule has 28 heavy (non-hydrogen) atoms. The highest BCUT2D eigenvalue weighted by Crippen LogP contribution is 2.04. The smallest absolute Gasteiger partial charge is 0.317 e. The van der Waals surface area contributed by atoms with Crippen LogP contribution in [0.3, 0.4) is 0 Å². The van der Waals surface area contributed by atoms with Gasteiger partial charge in [-0.25, -0.2) is 0 Å². The first-order valence-electron chi connectivity index (χ1n) is 8.33. The summed E-state index contributed by atoms with van der Waals surface area (Å²) in [4.78, 5) is 47.9. The number of aliphatic carboxylic acids is 4. The van der Waals surface area contributed by atoms with Crippen molar-refractivity contribution < 1.29 is 44.7 Å². The molecule has 0 aliphatic heterocycles.